The second-order valence-corrected chi connectivity index (χ2v) is 28.3. The van der Waals surface area contributed by atoms with Crippen molar-refractivity contribution in [3.05, 3.63) is 30.8 Å². The van der Waals surface area contributed by atoms with E-state index in [1.54, 1.807) is 22.7 Å². The summed E-state index contributed by atoms with van der Waals surface area (Å²) < 4.78 is 4.18. The molecule has 202 valence electrons. The Balaban J connectivity index is 2.60. The van der Waals surface area contributed by atoms with E-state index in [9.17, 15) is 9.59 Å². The molecule has 0 amide bonds. The van der Waals surface area contributed by atoms with Gasteiger partial charge in [-0.15, -0.1) is 22.7 Å². The van der Waals surface area contributed by atoms with Crippen molar-refractivity contribution in [3.63, 3.8) is 0 Å². The van der Waals surface area contributed by atoms with Crippen molar-refractivity contribution in [2.75, 3.05) is 0 Å². The van der Waals surface area contributed by atoms with Gasteiger partial charge in [0.25, 0.3) is 0 Å². The fourth-order valence-electron chi connectivity index (χ4n) is 7.39. The van der Waals surface area contributed by atoms with Crippen LogP contribution in [-0.4, -0.2) is 27.7 Å². The van der Waals surface area contributed by atoms with E-state index in [1.165, 1.54) is 9.00 Å². The van der Waals surface area contributed by atoms with Crippen LogP contribution < -0.4 is 9.00 Å². The molecule has 0 bridgehead atoms. The van der Waals surface area contributed by atoms with Crippen molar-refractivity contribution in [1.82, 2.24) is 0 Å². The van der Waals surface area contributed by atoms with Gasteiger partial charge in [0.1, 0.15) is 16.1 Å². The summed E-state index contributed by atoms with van der Waals surface area (Å²) >= 11 is 10.5. The molecule has 0 saturated carbocycles. The summed E-state index contributed by atoms with van der Waals surface area (Å²) in [5.74, 6) is -0.783. The van der Waals surface area contributed by atoms with Crippen LogP contribution in [0.25, 0.3) is 0 Å². The molecule has 0 aliphatic rings. The molecule has 2 heterocycles. The Morgan fingerprint density at radius 1 is 0.556 bits per heavy atom. The highest BCUT2D eigenvalue weighted by Gasteiger charge is 2.48. The second kappa shape index (κ2) is 12.1. The molecule has 36 heavy (non-hydrogen) atoms. The van der Waals surface area contributed by atoms with Crippen LogP contribution in [0.2, 0.25) is 33.2 Å². The Morgan fingerprint density at radius 2 is 0.778 bits per heavy atom. The van der Waals surface area contributed by atoms with Gasteiger partial charge in [-0.2, -0.15) is 0 Å². The van der Waals surface area contributed by atoms with Crippen LogP contribution in [0.5, 0.6) is 0 Å². The highest BCUT2D eigenvalue weighted by molar-refractivity contribution is 9.11. The first-order chi connectivity index (χ1) is 16.5. The highest BCUT2D eigenvalue weighted by Crippen LogP contribution is 2.45. The summed E-state index contributed by atoms with van der Waals surface area (Å²) in [7, 11) is -3.84. The van der Waals surface area contributed by atoms with Gasteiger partial charge in [0.15, 0.2) is 0 Å². The van der Waals surface area contributed by atoms with Gasteiger partial charge < -0.3 is 0 Å². The van der Waals surface area contributed by atoms with Crippen molar-refractivity contribution in [3.8, 4) is 0 Å². The predicted molar refractivity (Wildman–Crippen MR) is 174 cm³/mol. The van der Waals surface area contributed by atoms with E-state index in [0.717, 1.165) is 8.95 Å². The molecule has 0 aliphatic carbocycles. The molecule has 0 unspecified atom stereocenters. The Hall–Kier alpha value is 0.134. The van der Waals surface area contributed by atoms with Gasteiger partial charge in [0.2, 0.25) is 11.6 Å². The molecule has 8 heteroatoms. The van der Waals surface area contributed by atoms with Crippen molar-refractivity contribution in [2.24, 2.45) is 0 Å². The lowest BCUT2D eigenvalue weighted by molar-refractivity contribution is 0.0821. The first-order valence-corrected chi connectivity index (χ1v) is 20.9. The maximum Gasteiger partial charge on any atom is 0.245 e. The minimum absolute atomic E-state index is 0.391. The Kier molecular flexibility index (Phi) is 10.9. The fraction of sp³-hybridized carbons (Fsp3) is 0.643. The third-order valence-corrected chi connectivity index (χ3v) is 28.4. The van der Waals surface area contributed by atoms with Gasteiger partial charge in [0.05, 0.1) is 9.75 Å². The SMILES string of the molecule is CC(C)[Si](c1cc(Br)c(C(=O)C(=O)c2sc([Si](C(C)C)(C(C)C)C(C)C)cc2Br)s1)(C(C)C)C(C)C. The molecule has 0 atom stereocenters. The van der Waals surface area contributed by atoms with Crippen LogP contribution in [0.15, 0.2) is 21.1 Å². The zero-order chi connectivity index (χ0) is 27.9. The lowest BCUT2D eigenvalue weighted by Crippen LogP contribution is -2.54. The minimum Gasteiger partial charge on any atom is -0.284 e. The molecule has 2 nitrogen and oxygen atoms in total. The number of Topliss-reactive ketones (excluding diaryl/α,β-unsaturated/α-hetero) is 2. The minimum atomic E-state index is -1.92. The topological polar surface area (TPSA) is 34.1 Å². The zero-order valence-electron chi connectivity index (χ0n) is 24.0. The number of rotatable bonds is 11. The monoisotopic (exact) mass is 690 g/mol. The van der Waals surface area contributed by atoms with E-state index in [0.29, 0.717) is 43.0 Å². The molecular formula is C28H44Br2O2S2Si2. The standard InChI is InChI=1S/C28H44Br2O2S2Si2/c1-15(2)35(16(3)4,17(5)6)23-13-21(29)27(33-23)25(31)26(32)28-22(30)14-24(34-28)36(18(7)8,19(9)10)20(11)12/h13-20H,1-12H3. The molecule has 0 aromatic carbocycles. The maximum atomic E-state index is 13.7. The normalized spacial score (nSPS) is 13.3. The van der Waals surface area contributed by atoms with E-state index >= 15 is 0 Å². The van der Waals surface area contributed by atoms with Crippen molar-refractivity contribution >= 4 is 91.2 Å². The van der Waals surface area contributed by atoms with Crippen LogP contribution in [-0.2, 0) is 0 Å². The van der Waals surface area contributed by atoms with Crippen LogP contribution in [0, 0.1) is 0 Å². The number of carbonyl (C=O) groups excluding carboxylic acids is 2. The van der Waals surface area contributed by atoms with E-state index in [1.807, 2.05) is 0 Å². The second-order valence-electron chi connectivity index (χ2n) is 12.0. The van der Waals surface area contributed by atoms with Gasteiger partial charge in [-0.3, -0.25) is 9.59 Å². The number of halogens is 2. The third kappa shape index (κ3) is 5.29. The van der Waals surface area contributed by atoms with Crippen LogP contribution >= 0.6 is 54.5 Å². The maximum absolute atomic E-state index is 13.7. The summed E-state index contributed by atoms with van der Waals surface area (Å²) in [5.41, 5.74) is 3.23. The highest BCUT2D eigenvalue weighted by atomic mass is 79.9. The van der Waals surface area contributed by atoms with E-state index in [-0.39, 0.29) is 0 Å². The van der Waals surface area contributed by atoms with Crippen molar-refractivity contribution < 1.29 is 9.59 Å². The van der Waals surface area contributed by atoms with Crippen molar-refractivity contribution in [1.29, 1.82) is 0 Å². The molecule has 0 fully saturated rings. The molecule has 2 aromatic heterocycles. The number of carbonyl (C=O) groups is 2. The lowest BCUT2D eigenvalue weighted by atomic mass is 10.2. The van der Waals surface area contributed by atoms with Crippen molar-refractivity contribution in [2.45, 2.75) is 116 Å². The largest absolute Gasteiger partial charge is 0.284 e. The first kappa shape index (κ1) is 32.3. The molecule has 2 rings (SSSR count). The summed E-state index contributed by atoms with van der Waals surface area (Å²) in [6.07, 6.45) is 0. The number of hydrogen-bond donors (Lipinski definition) is 0. The molecule has 0 saturated heterocycles. The predicted octanol–water partition coefficient (Wildman–Crippen LogP) is 10.2. The molecule has 0 spiro atoms. The molecule has 0 radical (unpaired) electrons. The molecule has 2 aromatic rings. The molecule has 0 N–H and O–H groups in total. The van der Waals surface area contributed by atoms with Crippen LogP contribution in [0.3, 0.4) is 0 Å². The van der Waals surface area contributed by atoms with Gasteiger partial charge in [-0.1, -0.05) is 83.1 Å². The Labute approximate surface area is 246 Å². The number of ketones is 2. The van der Waals surface area contributed by atoms with Gasteiger partial charge in [0, 0.05) is 8.95 Å². The molecule has 0 aliphatic heterocycles. The van der Waals surface area contributed by atoms with Gasteiger partial charge in [-0.25, -0.2) is 0 Å². The smallest absolute Gasteiger partial charge is 0.245 e. The van der Waals surface area contributed by atoms with E-state index in [2.05, 4.69) is 127 Å². The number of hydrogen-bond acceptors (Lipinski definition) is 4. The Morgan fingerprint density at radius 3 is 0.972 bits per heavy atom. The van der Waals surface area contributed by atoms with E-state index < -0.39 is 27.7 Å². The van der Waals surface area contributed by atoms with Gasteiger partial charge >= 0.3 is 0 Å². The summed E-state index contributed by atoms with van der Waals surface area (Å²) in [4.78, 5) is 28.4. The molecular weight excluding hydrogens is 648 g/mol. The summed E-state index contributed by atoms with van der Waals surface area (Å²) in [6.45, 7) is 27.9. The average molecular weight is 693 g/mol. The summed E-state index contributed by atoms with van der Waals surface area (Å²) in [6, 6.07) is 4.31. The lowest BCUT2D eigenvalue weighted by Gasteiger charge is -2.42. The number of thiophene rings is 2. The Bertz CT molecular complexity index is 967. The third-order valence-electron chi connectivity index (χ3n) is 8.58. The zero-order valence-corrected chi connectivity index (χ0v) is 30.8. The van der Waals surface area contributed by atoms with Gasteiger partial charge in [-0.05, 0) is 86.2 Å². The fourth-order valence-corrected chi connectivity index (χ4v) is 29.4. The van der Waals surface area contributed by atoms with E-state index in [4.69, 9.17) is 0 Å². The quantitative estimate of drug-likeness (QED) is 0.134. The van der Waals surface area contributed by atoms with Crippen LogP contribution in [0.1, 0.15) is 102 Å². The van der Waals surface area contributed by atoms with Crippen LogP contribution in [0.4, 0.5) is 0 Å². The average Bonchev–Trinajstić information content (AvgIpc) is 3.29. The summed E-state index contributed by atoms with van der Waals surface area (Å²) in [5, 5.41) is 0. The first-order valence-electron chi connectivity index (χ1n) is 13.2.